The van der Waals surface area contributed by atoms with Crippen molar-refractivity contribution in [3.05, 3.63) is 23.9 Å². The first-order valence-electron chi connectivity index (χ1n) is 7.62. The van der Waals surface area contributed by atoms with Gasteiger partial charge in [-0.2, -0.15) is 0 Å². The van der Waals surface area contributed by atoms with Crippen LogP contribution in [-0.4, -0.2) is 24.6 Å². The van der Waals surface area contributed by atoms with Crippen LogP contribution in [0.3, 0.4) is 0 Å². The highest BCUT2D eigenvalue weighted by Gasteiger charge is 2.23. The number of aromatic nitrogens is 1. The van der Waals surface area contributed by atoms with Crippen LogP contribution in [0.5, 0.6) is 0 Å². The quantitative estimate of drug-likeness (QED) is 0.886. The zero-order valence-corrected chi connectivity index (χ0v) is 12.3. The van der Waals surface area contributed by atoms with Gasteiger partial charge in [0, 0.05) is 19.3 Å². The minimum Gasteiger partial charge on any atom is -0.357 e. The molecule has 1 aromatic heterocycles. The summed E-state index contributed by atoms with van der Waals surface area (Å²) in [5.41, 5.74) is 6.79. The van der Waals surface area contributed by atoms with Crippen molar-refractivity contribution in [1.82, 2.24) is 4.98 Å². The molecule has 1 saturated carbocycles. The van der Waals surface area contributed by atoms with Crippen LogP contribution in [0.25, 0.3) is 0 Å². The molecule has 2 N–H and O–H groups in total. The minimum absolute atomic E-state index is 0.663. The third-order valence-corrected chi connectivity index (χ3v) is 4.54. The van der Waals surface area contributed by atoms with Crippen LogP contribution in [0.15, 0.2) is 18.3 Å². The van der Waals surface area contributed by atoms with E-state index < -0.39 is 0 Å². The smallest absolute Gasteiger partial charge is 0.128 e. The highest BCUT2D eigenvalue weighted by atomic mass is 15.2. The third kappa shape index (κ3) is 3.69. The van der Waals surface area contributed by atoms with Crippen LogP contribution in [0.1, 0.15) is 44.6 Å². The summed E-state index contributed by atoms with van der Waals surface area (Å²) >= 11 is 0. The Morgan fingerprint density at radius 2 is 2.00 bits per heavy atom. The predicted molar refractivity (Wildman–Crippen MR) is 81.4 cm³/mol. The summed E-state index contributed by atoms with van der Waals surface area (Å²) in [4.78, 5) is 6.94. The van der Waals surface area contributed by atoms with E-state index in [1.807, 2.05) is 6.20 Å². The second-order valence-electron chi connectivity index (χ2n) is 5.76. The standard InChI is InChI=1S/C16H27N3/c1-3-13-4-7-15(8-5-13)19(2)16-9-6-14(10-11-17)12-18-16/h6,9,12-13,15H,3-5,7-8,10-11,17H2,1-2H3. The number of nitrogens with zero attached hydrogens (tertiary/aromatic N) is 2. The Labute approximate surface area is 117 Å². The molecule has 0 amide bonds. The van der Waals surface area contributed by atoms with Gasteiger partial charge in [0.2, 0.25) is 0 Å². The lowest BCUT2D eigenvalue weighted by Gasteiger charge is -2.35. The maximum absolute atomic E-state index is 5.56. The molecule has 0 aliphatic heterocycles. The van der Waals surface area contributed by atoms with E-state index in [-0.39, 0.29) is 0 Å². The summed E-state index contributed by atoms with van der Waals surface area (Å²) in [6.45, 7) is 3.00. The van der Waals surface area contributed by atoms with Crippen LogP contribution in [0, 0.1) is 5.92 Å². The maximum Gasteiger partial charge on any atom is 0.128 e. The van der Waals surface area contributed by atoms with Gasteiger partial charge in [0.15, 0.2) is 0 Å². The molecular formula is C16H27N3. The van der Waals surface area contributed by atoms with Gasteiger partial charge in [0.1, 0.15) is 5.82 Å². The Balaban J connectivity index is 1.94. The van der Waals surface area contributed by atoms with Crippen molar-refractivity contribution >= 4 is 5.82 Å². The molecule has 1 fully saturated rings. The Bertz CT molecular complexity index is 366. The van der Waals surface area contributed by atoms with E-state index in [0.717, 1.165) is 18.2 Å². The number of hydrogen-bond donors (Lipinski definition) is 1. The van der Waals surface area contributed by atoms with Crippen molar-refractivity contribution in [3.8, 4) is 0 Å². The first kappa shape index (κ1) is 14.3. The van der Waals surface area contributed by atoms with Gasteiger partial charge in [-0.1, -0.05) is 19.4 Å². The van der Waals surface area contributed by atoms with Gasteiger partial charge >= 0.3 is 0 Å². The molecule has 1 aromatic rings. The van der Waals surface area contributed by atoms with Crippen LogP contribution >= 0.6 is 0 Å². The lowest BCUT2D eigenvalue weighted by Crippen LogP contribution is -2.35. The zero-order valence-electron chi connectivity index (χ0n) is 12.3. The van der Waals surface area contributed by atoms with Crippen LogP contribution in [0.4, 0.5) is 5.82 Å². The fourth-order valence-electron chi connectivity index (χ4n) is 3.07. The fourth-order valence-corrected chi connectivity index (χ4v) is 3.07. The molecule has 0 unspecified atom stereocenters. The zero-order chi connectivity index (χ0) is 13.7. The Morgan fingerprint density at radius 3 is 2.53 bits per heavy atom. The first-order chi connectivity index (χ1) is 9.24. The molecule has 0 spiro atoms. The second kappa shape index (κ2) is 6.90. The summed E-state index contributed by atoms with van der Waals surface area (Å²) in [7, 11) is 2.18. The van der Waals surface area contributed by atoms with Crippen molar-refractivity contribution in [1.29, 1.82) is 0 Å². The lowest BCUT2D eigenvalue weighted by molar-refractivity contribution is 0.313. The summed E-state index contributed by atoms with van der Waals surface area (Å²) in [5.74, 6) is 2.05. The SMILES string of the molecule is CCC1CCC(N(C)c2ccc(CCN)cn2)CC1. The number of rotatable bonds is 5. The van der Waals surface area contributed by atoms with E-state index in [0.29, 0.717) is 12.6 Å². The predicted octanol–water partition coefficient (Wildman–Crippen LogP) is 2.99. The van der Waals surface area contributed by atoms with Crippen molar-refractivity contribution in [2.45, 2.75) is 51.5 Å². The van der Waals surface area contributed by atoms with E-state index in [9.17, 15) is 0 Å². The van der Waals surface area contributed by atoms with Crippen LogP contribution in [0.2, 0.25) is 0 Å². The molecule has 0 atom stereocenters. The third-order valence-electron chi connectivity index (χ3n) is 4.54. The van der Waals surface area contributed by atoms with Crippen molar-refractivity contribution < 1.29 is 0 Å². The molecule has 1 aliphatic rings. The lowest BCUT2D eigenvalue weighted by atomic mass is 9.84. The first-order valence-corrected chi connectivity index (χ1v) is 7.62. The minimum atomic E-state index is 0.663. The van der Waals surface area contributed by atoms with Gasteiger partial charge in [-0.05, 0) is 56.2 Å². The molecule has 0 radical (unpaired) electrons. The Kier molecular flexibility index (Phi) is 5.20. The molecule has 2 rings (SSSR count). The fraction of sp³-hybridized carbons (Fsp3) is 0.688. The van der Waals surface area contributed by atoms with Crippen molar-refractivity contribution in [2.24, 2.45) is 11.7 Å². The van der Waals surface area contributed by atoms with E-state index in [1.165, 1.54) is 37.7 Å². The number of anilines is 1. The normalized spacial score (nSPS) is 23.3. The number of nitrogens with two attached hydrogens (primary N) is 1. The van der Waals surface area contributed by atoms with Crippen LogP contribution in [-0.2, 0) is 6.42 Å². The van der Waals surface area contributed by atoms with Gasteiger partial charge in [-0.3, -0.25) is 0 Å². The van der Waals surface area contributed by atoms with Crippen molar-refractivity contribution in [3.63, 3.8) is 0 Å². The molecule has 3 heteroatoms. The molecule has 3 nitrogen and oxygen atoms in total. The van der Waals surface area contributed by atoms with Gasteiger partial charge in [-0.15, -0.1) is 0 Å². The molecule has 19 heavy (non-hydrogen) atoms. The summed E-state index contributed by atoms with van der Waals surface area (Å²) in [6, 6.07) is 4.95. The van der Waals surface area contributed by atoms with E-state index in [4.69, 9.17) is 5.73 Å². The van der Waals surface area contributed by atoms with Gasteiger partial charge < -0.3 is 10.6 Å². The molecule has 1 heterocycles. The van der Waals surface area contributed by atoms with Gasteiger partial charge in [0.05, 0.1) is 0 Å². The number of hydrogen-bond acceptors (Lipinski definition) is 3. The molecule has 0 bridgehead atoms. The second-order valence-corrected chi connectivity index (χ2v) is 5.76. The number of pyridine rings is 1. The average Bonchev–Trinajstić information content (AvgIpc) is 2.48. The van der Waals surface area contributed by atoms with Crippen molar-refractivity contribution in [2.75, 3.05) is 18.5 Å². The molecule has 106 valence electrons. The highest BCUT2D eigenvalue weighted by Crippen LogP contribution is 2.30. The van der Waals surface area contributed by atoms with Gasteiger partial charge in [-0.25, -0.2) is 4.98 Å². The largest absolute Gasteiger partial charge is 0.357 e. The summed E-state index contributed by atoms with van der Waals surface area (Å²) in [5, 5.41) is 0. The Hall–Kier alpha value is -1.09. The summed E-state index contributed by atoms with van der Waals surface area (Å²) in [6.07, 6.45) is 9.58. The van der Waals surface area contributed by atoms with E-state index >= 15 is 0 Å². The maximum atomic E-state index is 5.56. The van der Waals surface area contributed by atoms with E-state index in [1.54, 1.807) is 0 Å². The Morgan fingerprint density at radius 1 is 1.26 bits per heavy atom. The molecule has 1 aliphatic carbocycles. The van der Waals surface area contributed by atoms with Crippen LogP contribution < -0.4 is 10.6 Å². The van der Waals surface area contributed by atoms with E-state index in [2.05, 4.69) is 36.0 Å². The molecule has 0 aromatic carbocycles. The van der Waals surface area contributed by atoms with Gasteiger partial charge in [0.25, 0.3) is 0 Å². The monoisotopic (exact) mass is 261 g/mol. The molecule has 0 saturated heterocycles. The highest BCUT2D eigenvalue weighted by molar-refractivity contribution is 5.39. The topological polar surface area (TPSA) is 42.1 Å². The average molecular weight is 261 g/mol. The summed E-state index contributed by atoms with van der Waals surface area (Å²) < 4.78 is 0. The molecular weight excluding hydrogens is 234 g/mol.